The fourth-order valence-corrected chi connectivity index (χ4v) is 3.65. The van der Waals surface area contributed by atoms with Crippen molar-refractivity contribution in [1.82, 2.24) is 19.6 Å². The van der Waals surface area contributed by atoms with Gasteiger partial charge in [0.2, 0.25) is 5.91 Å². The van der Waals surface area contributed by atoms with E-state index in [0.29, 0.717) is 0 Å². The highest BCUT2D eigenvalue weighted by Crippen LogP contribution is 2.21. The molecule has 1 atom stereocenters. The predicted octanol–water partition coefficient (Wildman–Crippen LogP) is 1.47. The number of urea groups is 1. The smallest absolute Gasteiger partial charge is 0.320 e. The molecule has 2 heterocycles. The van der Waals surface area contributed by atoms with E-state index >= 15 is 0 Å². The largest absolute Gasteiger partial charge is 0.339 e. The lowest BCUT2D eigenvalue weighted by Gasteiger charge is -2.44. The summed E-state index contributed by atoms with van der Waals surface area (Å²) in [6, 6.07) is 0.418. The van der Waals surface area contributed by atoms with E-state index in [1.165, 1.54) is 0 Å². The number of carbonyl (C=O) groups excluding carboxylic acids is 2. The number of likely N-dealkylation sites (tertiary alicyclic amines) is 1. The van der Waals surface area contributed by atoms with E-state index in [-0.39, 0.29) is 24.0 Å². The van der Waals surface area contributed by atoms with Crippen LogP contribution in [0.4, 0.5) is 4.79 Å². The molecular formula is C17H32N4O2. The average Bonchev–Trinajstić information content (AvgIpc) is 2.56. The number of amides is 3. The number of nitrogens with zero attached hydrogens (tertiary/aromatic N) is 4. The van der Waals surface area contributed by atoms with Crippen LogP contribution in [0.1, 0.15) is 40.5 Å². The van der Waals surface area contributed by atoms with Crippen LogP contribution in [-0.2, 0) is 4.79 Å². The van der Waals surface area contributed by atoms with Crippen molar-refractivity contribution in [3.63, 3.8) is 0 Å². The van der Waals surface area contributed by atoms with E-state index in [1.807, 2.05) is 28.5 Å². The highest BCUT2D eigenvalue weighted by molar-refractivity contribution is 5.83. The number of hydrogen-bond donors (Lipinski definition) is 0. The maximum absolute atomic E-state index is 12.7. The van der Waals surface area contributed by atoms with Crippen LogP contribution in [0, 0.1) is 0 Å². The van der Waals surface area contributed by atoms with Crippen molar-refractivity contribution in [2.24, 2.45) is 0 Å². The molecule has 3 amide bonds. The Labute approximate surface area is 140 Å². The topological polar surface area (TPSA) is 47.1 Å². The summed E-state index contributed by atoms with van der Waals surface area (Å²) in [6.45, 7) is 13.6. The van der Waals surface area contributed by atoms with Crippen LogP contribution in [0.5, 0.6) is 0 Å². The molecule has 23 heavy (non-hydrogen) atoms. The highest BCUT2D eigenvalue weighted by atomic mass is 16.2. The van der Waals surface area contributed by atoms with Crippen LogP contribution in [0.2, 0.25) is 0 Å². The zero-order chi connectivity index (χ0) is 17.0. The molecule has 2 saturated heterocycles. The number of rotatable bonds is 4. The van der Waals surface area contributed by atoms with Crippen LogP contribution in [-0.4, -0.2) is 89.4 Å². The molecule has 6 heteroatoms. The molecule has 6 nitrogen and oxygen atoms in total. The molecule has 0 radical (unpaired) electrons. The average molecular weight is 324 g/mol. The molecule has 0 aliphatic carbocycles. The first-order chi connectivity index (χ1) is 11.0. The van der Waals surface area contributed by atoms with E-state index in [0.717, 1.165) is 58.7 Å². The van der Waals surface area contributed by atoms with Gasteiger partial charge in [-0.15, -0.1) is 0 Å². The van der Waals surface area contributed by atoms with Gasteiger partial charge in [0.15, 0.2) is 0 Å². The minimum Gasteiger partial charge on any atom is -0.339 e. The molecule has 2 aliphatic rings. The number of piperidine rings is 1. The minimum atomic E-state index is 0.0110. The molecule has 0 aromatic rings. The van der Waals surface area contributed by atoms with Gasteiger partial charge in [-0.05, 0) is 40.5 Å². The number of piperazine rings is 1. The van der Waals surface area contributed by atoms with Gasteiger partial charge in [0.1, 0.15) is 0 Å². The molecule has 0 bridgehead atoms. The Morgan fingerprint density at radius 3 is 2.26 bits per heavy atom. The summed E-state index contributed by atoms with van der Waals surface area (Å²) in [7, 11) is 0. The van der Waals surface area contributed by atoms with Gasteiger partial charge in [0, 0.05) is 51.9 Å². The molecule has 132 valence electrons. The Morgan fingerprint density at radius 2 is 1.74 bits per heavy atom. The molecule has 2 fully saturated rings. The SMILES string of the molecule is CCN(CC)C(=O)N1CCN([C@H]2CCCN(C(C)C)C2=O)CC1. The fourth-order valence-electron chi connectivity index (χ4n) is 3.65. The fraction of sp³-hybridized carbons (Fsp3) is 0.882. The third-order valence-electron chi connectivity index (χ3n) is 5.13. The maximum Gasteiger partial charge on any atom is 0.320 e. The quantitative estimate of drug-likeness (QED) is 0.787. The minimum absolute atomic E-state index is 0.0110. The second-order valence-electron chi connectivity index (χ2n) is 6.76. The number of carbonyl (C=O) groups is 2. The van der Waals surface area contributed by atoms with E-state index in [9.17, 15) is 9.59 Å². The lowest BCUT2D eigenvalue weighted by molar-refractivity contribution is -0.142. The van der Waals surface area contributed by atoms with Crippen molar-refractivity contribution in [3.8, 4) is 0 Å². The summed E-state index contributed by atoms with van der Waals surface area (Å²) in [5.41, 5.74) is 0. The van der Waals surface area contributed by atoms with Crippen LogP contribution in [0.3, 0.4) is 0 Å². The zero-order valence-corrected chi connectivity index (χ0v) is 15.1. The Kier molecular flexibility index (Phi) is 6.27. The summed E-state index contributed by atoms with van der Waals surface area (Å²) in [4.78, 5) is 33.2. The molecule has 0 unspecified atom stereocenters. The van der Waals surface area contributed by atoms with Gasteiger partial charge in [-0.25, -0.2) is 4.79 Å². The molecule has 2 aliphatic heterocycles. The van der Waals surface area contributed by atoms with Crippen LogP contribution < -0.4 is 0 Å². The molecule has 0 aromatic carbocycles. The van der Waals surface area contributed by atoms with Gasteiger partial charge in [0.05, 0.1) is 6.04 Å². The number of hydrogen-bond acceptors (Lipinski definition) is 3. The molecule has 0 spiro atoms. The summed E-state index contributed by atoms with van der Waals surface area (Å²) < 4.78 is 0. The van der Waals surface area contributed by atoms with Crippen molar-refractivity contribution in [2.45, 2.75) is 52.6 Å². The van der Waals surface area contributed by atoms with Gasteiger partial charge < -0.3 is 14.7 Å². The van der Waals surface area contributed by atoms with E-state index in [2.05, 4.69) is 18.7 Å². The van der Waals surface area contributed by atoms with Gasteiger partial charge in [-0.3, -0.25) is 9.69 Å². The lowest BCUT2D eigenvalue weighted by atomic mass is 10.0. The van der Waals surface area contributed by atoms with Gasteiger partial charge in [-0.1, -0.05) is 0 Å². The third-order valence-corrected chi connectivity index (χ3v) is 5.13. The Balaban J connectivity index is 1.91. The van der Waals surface area contributed by atoms with Crippen LogP contribution in [0.25, 0.3) is 0 Å². The van der Waals surface area contributed by atoms with Gasteiger partial charge in [-0.2, -0.15) is 0 Å². The summed E-state index contributed by atoms with van der Waals surface area (Å²) in [6.07, 6.45) is 2.03. The predicted molar refractivity (Wildman–Crippen MR) is 91.3 cm³/mol. The molecule has 0 saturated carbocycles. The van der Waals surface area contributed by atoms with Gasteiger partial charge >= 0.3 is 6.03 Å². The summed E-state index contributed by atoms with van der Waals surface area (Å²) in [5.74, 6) is 0.273. The lowest BCUT2D eigenvalue weighted by Crippen LogP contribution is -2.60. The summed E-state index contributed by atoms with van der Waals surface area (Å²) >= 11 is 0. The Morgan fingerprint density at radius 1 is 1.13 bits per heavy atom. The second-order valence-corrected chi connectivity index (χ2v) is 6.76. The third kappa shape index (κ3) is 3.97. The first-order valence-electron chi connectivity index (χ1n) is 9.07. The van der Waals surface area contributed by atoms with Crippen molar-refractivity contribution in [2.75, 3.05) is 45.8 Å². The van der Waals surface area contributed by atoms with Crippen molar-refractivity contribution in [1.29, 1.82) is 0 Å². The van der Waals surface area contributed by atoms with E-state index in [4.69, 9.17) is 0 Å². The molecular weight excluding hydrogens is 292 g/mol. The standard InChI is InChI=1S/C17H32N4O2/c1-5-18(6-2)17(23)20-12-10-19(11-13-20)15-8-7-9-21(14(3)4)16(15)22/h14-15H,5-13H2,1-4H3/t15-/m0/s1. The first-order valence-corrected chi connectivity index (χ1v) is 9.07. The van der Waals surface area contributed by atoms with E-state index < -0.39 is 0 Å². The monoisotopic (exact) mass is 324 g/mol. The first kappa shape index (κ1) is 18.0. The zero-order valence-electron chi connectivity index (χ0n) is 15.1. The normalized spacial score (nSPS) is 23.5. The van der Waals surface area contributed by atoms with Crippen molar-refractivity contribution < 1.29 is 9.59 Å². The van der Waals surface area contributed by atoms with Gasteiger partial charge in [0.25, 0.3) is 0 Å². The Hall–Kier alpha value is -1.30. The molecule has 0 N–H and O–H groups in total. The molecule has 2 rings (SSSR count). The van der Waals surface area contributed by atoms with Crippen molar-refractivity contribution >= 4 is 11.9 Å². The van der Waals surface area contributed by atoms with E-state index in [1.54, 1.807) is 0 Å². The van der Waals surface area contributed by atoms with Crippen LogP contribution >= 0.6 is 0 Å². The van der Waals surface area contributed by atoms with Crippen LogP contribution in [0.15, 0.2) is 0 Å². The maximum atomic E-state index is 12.7. The van der Waals surface area contributed by atoms with Crippen molar-refractivity contribution in [3.05, 3.63) is 0 Å². The second kappa shape index (κ2) is 7.99. The Bertz CT molecular complexity index is 415. The molecule has 0 aromatic heterocycles. The summed E-state index contributed by atoms with van der Waals surface area (Å²) in [5, 5.41) is 0. The highest BCUT2D eigenvalue weighted by Gasteiger charge is 2.36.